The summed E-state index contributed by atoms with van der Waals surface area (Å²) in [6, 6.07) is 3.42. The molecule has 4 rings (SSSR count). The molecule has 3 atom stereocenters. The van der Waals surface area contributed by atoms with Crippen molar-refractivity contribution in [1.82, 2.24) is 19.9 Å². The Labute approximate surface area is 119 Å². The van der Waals surface area contributed by atoms with Crippen LogP contribution in [0.15, 0.2) is 18.5 Å². The van der Waals surface area contributed by atoms with Crippen molar-refractivity contribution in [3.8, 4) is 0 Å². The molecule has 2 saturated heterocycles. The van der Waals surface area contributed by atoms with E-state index in [2.05, 4.69) is 41.7 Å². The van der Waals surface area contributed by atoms with E-state index in [1.165, 1.54) is 30.6 Å². The Kier molecular flexibility index (Phi) is 2.49. The summed E-state index contributed by atoms with van der Waals surface area (Å²) in [5, 5.41) is 3.73. The molecule has 0 amide bonds. The number of rotatable bonds is 1. The zero-order valence-electron chi connectivity index (χ0n) is 12.4. The molecule has 2 fully saturated rings. The van der Waals surface area contributed by atoms with Gasteiger partial charge in [-0.3, -0.25) is 4.98 Å². The molecule has 0 saturated carbocycles. The van der Waals surface area contributed by atoms with Gasteiger partial charge in [0.1, 0.15) is 11.3 Å². The number of imidazole rings is 1. The van der Waals surface area contributed by atoms with Gasteiger partial charge in [-0.2, -0.15) is 0 Å². The van der Waals surface area contributed by atoms with Gasteiger partial charge in [-0.1, -0.05) is 0 Å². The first-order valence-electron chi connectivity index (χ1n) is 7.63. The molecule has 0 aliphatic carbocycles. The van der Waals surface area contributed by atoms with Crippen LogP contribution in [-0.4, -0.2) is 26.6 Å². The fraction of sp³-hybridized carbons (Fsp3) is 0.625. The average molecular weight is 270 g/mol. The van der Waals surface area contributed by atoms with E-state index in [9.17, 15) is 0 Å². The van der Waals surface area contributed by atoms with E-state index >= 15 is 0 Å². The van der Waals surface area contributed by atoms with Gasteiger partial charge in [0.2, 0.25) is 0 Å². The number of hydrogen-bond donors (Lipinski definition) is 1. The van der Waals surface area contributed by atoms with Crippen LogP contribution in [0, 0.1) is 0 Å². The maximum absolute atomic E-state index is 4.94. The van der Waals surface area contributed by atoms with Crippen molar-refractivity contribution in [2.24, 2.45) is 0 Å². The van der Waals surface area contributed by atoms with Crippen LogP contribution in [0.5, 0.6) is 0 Å². The zero-order valence-corrected chi connectivity index (χ0v) is 12.4. The summed E-state index contributed by atoms with van der Waals surface area (Å²) in [5.41, 5.74) is 2.29. The lowest BCUT2D eigenvalue weighted by Gasteiger charge is -2.29. The maximum Gasteiger partial charge on any atom is 0.115 e. The van der Waals surface area contributed by atoms with Crippen molar-refractivity contribution in [3.63, 3.8) is 0 Å². The van der Waals surface area contributed by atoms with Crippen LogP contribution < -0.4 is 5.32 Å². The highest BCUT2D eigenvalue weighted by atomic mass is 15.2. The van der Waals surface area contributed by atoms with Crippen LogP contribution in [0.1, 0.15) is 51.8 Å². The quantitative estimate of drug-likeness (QED) is 0.866. The van der Waals surface area contributed by atoms with Gasteiger partial charge in [-0.25, -0.2) is 4.98 Å². The van der Waals surface area contributed by atoms with Crippen LogP contribution in [0.4, 0.5) is 0 Å². The molecule has 2 bridgehead atoms. The highest BCUT2D eigenvalue weighted by Gasteiger charge is 2.42. The minimum absolute atomic E-state index is 0.0489. The summed E-state index contributed by atoms with van der Waals surface area (Å²) in [6.07, 6.45) is 7.62. The van der Waals surface area contributed by atoms with Crippen LogP contribution in [0.3, 0.4) is 0 Å². The zero-order chi connectivity index (χ0) is 13.9. The first-order chi connectivity index (χ1) is 9.54. The predicted octanol–water partition coefficient (Wildman–Crippen LogP) is 2.79. The van der Waals surface area contributed by atoms with Crippen molar-refractivity contribution in [3.05, 3.63) is 24.3 Å². The molecule has 1 N–H and O–H groups in total. The van der Waals surface area contributed by atoms with E-state index in [0.29, 0.717) is 18.0 Å². The van der Waals surface area contributed by atoms with Crippen LogP contribution >= 0.6 is 0 Å². The van der Waals surface area contributed by atoms with Crippen molar-refractivity contribution < 1.29 is 0 Å². The largest absolute Gasteiger partial charge is 0.322 e. The molecule has 2 aliphatic rings. The van der Waals surface area contributed by atoms with Gasteiger partial charge in [0.15, 0.2) is 0 Å². The minimum atomic E-state index is 0.0489. The Morgan fingerprint density at radius 2 is 2.15 bits per heavy atom. The fourth-order valence-corrected chi connectivity index (χ4v) is 4.01. The summed E-state index contributed by atoms with van der Waals surface area (Å²) in [4.78, 5) is 9.17. The molecule has 0 aromatic carbocycles. The summed E-state index contributed by atoms with van der Waals surface area (Å²) >= 11 is 0. The SMILES string of the molecule is CC(C)(C)n1c(C2CC3CCC2N3)nc2cnccc21. The van der Waals surface area contributed by atoms with Gasteiger partial charge in [0, 0.05) is 29.7 Å². The lowest BCUT2D eigenvalue weighted by atomic mass is 9.88. The fourth-order valence-electron chi connectivity index (χ4n) is 4.01. The second-order valence-electron chi connectivity index (χ2n) is 7.23. The third kappa shape index (κ3) is 1.71. The second kappa shape index (κ2) is 4.04. The topological polar surface area (TPSA) is 42.7 Å². The summed E-state index contributed by atoms with van der Waals surface area (Å²) in [7, 11) is 0. The molecule has 2 aromatic rings. The molecular formula is C16H22N4. The molecule has 4 nitrogen and oxygen atoms in total. The Morgan fingerprint density at radius 3 is 2.80 bits per heavy atom. The Hall–Kier alpha value is -1.42. The Bertz CT molecular complexity index is 652. The molecule has 106 valence electrons. The van der Waals surface area contributed by atoms with Crippen molar-refractivity contribution in [2.45, 2.75) is 63.6 Å². The van der Waals surface area contributed by atoms with Crippen molar-refractivity contribution in [2.75, 3.05) is 0 Å². The monoisotopic (exact) mass is 270 g/mol. The molecule has 20 heavy (non-hydrogen) atoms. The van der Waals surface area contributed by atoms with E-state index in [4.69, 9.17) is 4.98 Å². The molecule has 0 radical (unpaired) electrons. The average Bonchev–Trinajstić information content (AvgIpc) is 3.09. The summed E-state index contributed by atoms with van der Waals surface area (Å²) in [6.45, 7) is 6.79. The maximum atomic E-state index is 4.94. The first kappa shape index (κ1) is 12.3. The van der Waals surface area contributed by atoms with E-state index in [-0.39, 0.29) is 5.54 Å². The van der Waals surface area contributed by atoms with E-state index in [1.54, 1.807) is 0 Å². The number of aromatic nitrogens is 3. The number of nitrogens with zero attached hydrogens (tertiary/aromatic N) is 3. The minimum Gasteiger partial charge on any atom is -0.322 e. The Balaban J connectivity index is 1.90. The van der Waals surface area contributed by atoms with Crippen LogP contribution in [0.25, 0.3) is 11.0 Å². The van der Waals surface area contributed by atoms with Gasteiger partial charge < -0.3 is 9.88 Å². The molecular weight excluding hydrogens is 248 g/mol. The molecule has 0 spiro atoms. The standard InChI is InChI=1S/C16H22N4/c1-16(2,3)20-14-6-7-17-9-13(14)19-15(20)11-8-10-4-5-12(11)18-10/h6-7,9-12,18H,4-5,8H2,1-3H3. The van der Waals surface area contributed by atoms with E-state index < -0.39 is 0 Å². The van der Waals surface area contributed by atoms with Gasteiger partial charge in [-0.05, 0) is 46.1 Å². The lowest BCUT2D eigenvalue weighted by molar-refractivity contribution is 0.367. The van der Waals surface area contributed by atoms with Crippen LogP contribution in [-0.2, 0) is 5.54 Å². The van der Waals surface area contributed by atoms with Gasteiger partial charge in [0.25, 0.3) is 0 Å². The van der Waals surface area contributed by atoms with Crippen LogP contribution in [0.2, 0.25) is 0 Å². The predicted molar refractivity (Wildman–Crippen MR) is 79.8 cm³/mol. The first-order valence-corrected chi connectivity index (χ1v) is 7.63. The number of nitrogens with one attached hydrogen (secondary N) is 1. The van der Waals surface area contributed by atoms with E-state index in [1.807, 2.05) is 12.4 Å². The summed E-state index contributed by atoms with van der Waals surface area (Å²) < 4.78 is 2.43. The van der Waals surface area contributed by atoms with Gasteiger partial charge >= 0.3 is 0 Å². The van der Waals surface area contributed by atoms with E-state index in [0.717, 1.165) is 5.52 Å². The number of fused-ring (bicyclic) bond motifs is 3. The molecule has 3 unspecified atom stereocenters. The van der Waals surface area contributed by atoms with Gasteiger partial charge in [-0.15, -0.1) is 0 Å². The lowest BCUT2D eigenvalue weighted by Crippen LogP contribution is -2.29. The highest BCUT2D eigenvalue weighted by molar-refractivity contribution is 5.75. The normalized spacial score (nSPS) is 29.4. The summed E-state index contributed by atoms with van der Waals surface area (Å²) in [5.74, 6) is 1.81. The van der Waals surface area contributed by atoms with Crippen molar-refractivity contribution >= 4 is 11.0 Å². The molecule has 2 aromatic heterocycles. The number of pyridine rings is 1. The third-order valence-electron chi connectivity index (χ3n) is 4.79. The van der Waals surface area contributed by atoms with Crippen molar-refractivity contribution in [1.29, 1.82) is 0 Å². The second-order valence-corrected chi connectivity index (χ2v) is 7.23. The van der Waals surface area contributed by atoms with Gasteiger partial charge in [0.05, 0.1) is 11.7 Å². The molecule has 4 heterocycles. The molecule has 2 aliphatic heterocycles. The number of hydrogen-bond acceptors (Lipinski definition) is 3. The highest BCUT2D eigenvalue weighted by Crippen LogP contribution is 2.41. The molecule has 4 heteroatoms. The smallest absolute Gasteiger partial charge is 0.115 e. The Morgan fingerprint density at radius 1 is 1.30 bits per heavy atom. The third-order valence-corrected chi connectivity index (χ3v) is 4.79.